The molecular weight excluding hydrogens is 432 g/mol. The molecule has 0 fully saturated rings. The molecule has 0 spiro atoms. The Bertz CT molecular complexity index is 1240. The summed E-state index contributed by atoms with van der Waals surface area (Å²) in [7, 11) is -1.15. The zero-order valence-electron chi connectivity index (χ0n) is 16.2. The number of esters is 2. The highest BCUT2D eigenvalue weighted by Gasteiger charge is 2.32. The molecule has 0 saturated heterocycles. The molecule has 0 saturated carbocycles. The first kappa shape index (κ1) is 21.5. The fraction of sp³-hybridized carbons (Fsp3) is 0.150. The van der Waals surface area contributed by atoms with Crippen LogP contribution < -0.4 is 0 Å². The topological polar surface area (TPSA) is 105 Å². The van der Waals surface area contributed by atoms with Crippen LogP contribution in [-0.2, 0) is 19.3 Å². The lowest BCUT2D eigenvalue weighted by molar-refractivity contribution is 0.0549. The van der Waals surface area contributed by atoms with Crippen molar-refractivity contribution in [3.63, 3.8) is 0 Å². The van der Waals surface area contributed by atoms with Gasteiger partial charge in [-0.25, -0.2) is 22.7 Å². The number of hydrogen-bond donors (Lipinski definition) is 0. The van der Waals surface area contributed by atoms with E-state index in [9.17, 15) is 18.0 Å². The predicted octanol–water partition coefficient (Wildman–Crippen LogP) is 3.17. The Morgan fingerprint density at radius 1 is 1.00 bits per heavy atom. The highest BCUT2D eigenvalue weighted by atomic mass is 35.5. The van der Waals surface area contributed by atoms with Crippen molar-refractivity contribution in [3.8, 4) is 16.9 Å². The van der Waals surface area contributed by atoms with Gasteiger partial charge >= 0.3 is 11.9 Å². The Labute approximate surface area is 177 Å². The van der Waals surface area contributed by atoms with Crippen LogP contribution in [0.2, 0.25) is 5.02 Å². The molecule has 0 aliphatic rings. The monoisotopic (exact) mass is 448 g/mol. The number of ether oxygens (including phenoxy) is 2. The van der Waals surface area contributed by atoms with E-state index in [1.54, 1.807) is 30.3 Å². The van der Waals surface area contributed by atoms with Crippen molar-refractivity contribution in [1.29, 1.82) is 0 Å². The Kier molecular flexibility index (Phi) is 5.95. The number of rotatable bonds is 5. The van der Waals surface area contributed by atoms with Gasteiger partial charge in [0.1, 0.15) is 11.3 Å². The van der Waals surface area contributed by atoms with E-state index in [-0.39, 0.29) is 32.4 Å². The lowest BCUT2D eigenvalue weighted by atomic mass is 10.1. The molecule has 1 heterocycles. The molecule has 10 heteroatoms. The van der Waals surface area contributed by atoms with Gasteiger partial charge in [0, 0.05) is 11.8 Å². The van der Waals surface area contributed by atoms with Crippen molar-refractivity contribution in [2.24, 2.45) is 0 Å². The summed E-state index contributed by atoms with van der Waals surface area (Å²) in [5, 5.41) is 4.46. The molecule has 1 aromatic heterocycles. The van der Waals surface area contributed by atoms with Crippen molar-refractivity contribution in [2.75, 3.05) is 20.5 Å². The smallest absolute Gasteiger partial charge is 0.357 e. The van der Waals surface area contributed by atoms with E-state index in [4.69, 9.17) is 21.1 Å². The van der Waals surface area contributed by atoms with Crippen LogP contribution in [-0.4, -0.2) is 50.6 Å². The summed E-state index contributed by atoms with van der Waals surface area (Å²) in [6.45, 7) is 0. The van der Waals surface area contributed by atoms with Gasteiger partial charge in [-0.2, -0.15) is 5.10 Å². The molecule has 3 rings (SSSR count). The second kappa shape index (κ2) is 8.29. The molecule has 0 aliphatic heterocycles. The maximum absolute atomic E-state index is 12.6. The summed E-state index contributed by atoms with van der Waals surface area (Å²) in [5.74, 6) is -1.63. The van der Waals surface area contributed by atoms with E-state index in [0.717, 1.165) is 6.26 Å². The lowest BCUT2D eigenvalue weighted by Gasteiger charge is -2.07. The minimum Gasteiger partial charge on any atom is -0.465 e. The summed E-state index contributed by atoms with van der Waals surface area (Å²) >= 11 is 6.33. The average molecular weight is 449 g/mol. The Balaban J connectivity index is 2.36. The van der Waals surface area contributed by atoms with Gasteiger partial charge in [0.15, 0.2) is 15.5 Å². The molecule has 30 heavy (non-hydrogen) atoms. The number of carbonyl (C=O) groups is 2. The van der Waals surface area contributed by atoms with Crippen LogP contribution in [0, 0.1) is 0 Å². The van der Waals surface area contributed by atoms with Gasteiger partial charge in [0.05, 0.1) is 29.8 Å². The number of benzene rings is 2. The quantitative estimate of drug-likeness (QED) is 0.552. The molecule has 2 aromatic carbocycles. The van der Waals surface area contributed by atoms with Crippen LogP contribution >= 0.6 is 11.6 Å². The second-order valence-corrected chi connectivity index (χ2v) is 8.64. The van der Waals surface area contributed by atoms with Gasteiger partial charge in [-0.3, -0.25) is 0 Å². The fourth-order valence-corrected chi connectivity index (χ4v) is 3.84. The maximum Gasteiger partial charge on any atom is 0.357 e. The Hall–Kier alpha value is -3.17. The van der Waals surface area contributed by atoms with Crippen LogP contribution in [0.3, 0.4) is 0 Å². The molecule has 0 atom stereocenters. The first-order valence-electron chi connectivity index (χ1n) is 8.54. The number of halogens is 1. The molecule has 8 nitrogen and oxygen atoms in total. The zero-order chi connectivity index (χ0) is 22.1. The normalized spacial score (nSPS) is 11.2. The Morgan fingerprint density at radius 2 is 1.63 bits per heavy atom. The summed E-state index contributed by atoms with van der Waals surface area (Å²) < 4.78 is 34.6. The fourth-order valence-electron chi connectivity index (χ4n) is 2.86. The molecule has 0 amide bonds. The van der Waals surface area contributed by atoms with Crippen molar-refractivity contribution < 1.29 is 27.5 Å². The summed E-state index contributed by atoms with van der Waals surface area (Å²) in [6, 6.07) is 12.7. The number of aromatic nitrogens is 2. The Morgan fingerprint density at radius 3 is 2.17 bits per heavy atom. The van der Waals surface area contributed by atoms with Crippen molar-refractivity contribution in [3.05, 3.63) is 64.8 Å². The zero-order valence-corrected chi connectivity index (χ0v) is 17.8. The molecule has 0 bridgehead atoms. The second-order valence-electron chi connectivity index (χ2n) is 6.22. The molecule has 0 radical (unpaired) electrons. The summed E-state index contributed by atoms with van der Waals surface area (Å²) in [5.41, 5.74) is 0.509. The van der Waals surface area contributed by atoms with Crippen LogP contribution in [0.1, 0.15) is 20.8 Å². The number of methoxy groups -OCH3 is 2. The van der Waals surface area contributed by atoms with Crippen LogP contribution in [0.25, 0.3) is 16.9 Å². The van der Waals surface area contributed by atoms with Crippen LogP contribution in [0.15, 0.2) is 53.4 Å². The SMILES string of the molecule is COC(=O)c1c(-c2ccc(S(C)(=O)=O)cc2Cl)nn(-c2ccccc2)c1C(=O)OC. The maximum atomic E-state index is 12.6. The van der Waals surface area contributed by atoms with E-state index in [0.29, 0.717) is 5.69 Å². The lowest BCUT2D eigenvalue weighted by Crippen LogP contribution is -2.15. The van der Waals surface area contributed by atoms with E-state index in [1.165, 1.54) is 37.1 Å². The molecule has 156 valence electrons. The average Bonchev–Trinajstić information content (AvgIpc) is 3.12. The molecular formula is C20H17ClN2O6S. The highest BCUT2D eigenvalue weighted by molar-refractivity contribution is 7.90. The minimum absolute atomic E-state index is 0.00607. The molecule has 0 N–H and O–H groups in total. The first-order chi connectivity index (χ1) is 14.2. The van der Waals surface area contributed by atoms with E-state index >= 15 is 0 Å². The van der Waals surface area contributed by atoms with Crippen molar-refractivity contribution >= 4 is 33.4 Å². The standard InChI is InChI=1S/C20H17ClN2O6S/c1-28-19(24)16-17(14-10-9-13(11-15(14)21)30(3,26)27)22-23(18(16)20(25)29-2)12-7-5-4-6-8-12/h4-11H,1-3H3. The van der Waals surface area contributed by atoms with Gasteiger partial charge in [-0.15, -0.1) is 0 Å². The number of carbonyl (C=O) groups excluding carboxylic acids is 2. The predicted molar refractivity (Wildman–Crippen MR) is 110 cm³/mol. The summed E-state index contributed by atoms with van der Waals surface area (Å²) in [4.78, 5) is 25.2. The van der Waals surface area contributed by atoms with Gasteiger partial charge in [-0.1, -0.05) is 29.8 Å². The third-order valence-corrected chi connectivity index (χ3v) is 5.70. The molecule has 0 aliphatic carbocycles. The third kappa shape index (κ3) is 3.94. The number of hydrogen-bond acceptors (Lipinski definition) is 7. The van der Waals surface area contributed by atoms with Crippen LogP contribution in [0.4, 0.5) is 0 Å². The highest BCUT2D eigenvalue weighted by Crippen LogP contribution is 2.34. The third-order valence-electron chi connectivity index (χ3n) is 4.28. The minimum atomic E-state index is -3.49. The number of nitrogens with zero attached hydrogens (tertiary/aromatic N) is 2. The van der Waals surface area contributed by atoms with Gasteiger partial charge in [0.25, 0.3) is 0 Å². The first-order valence-corrected chi connectivity index (χ1v) is 10.8. The van der Waals surface area contributed by atoms with Crippen molar-refractivity contribution in [1.82, 2.24) is 9.78 Å². The largest absolute Gasteiger partial charge is 0.465 e. The molecule has 3 aromatic rings. The van der Waals surface area contributed by atoms with Crippen molar-refractivity contribution in [2.45, 2.75) is 4.90 Å². The number of sulfone groups is 1. The van der Waals surface area contributed by atoms with Gasteiger partial charge < -0.3 is 9.47 Å². The van der Waals surface area contributed by atoms with E-state index in [2.05, 4.69) is 5.10 Å². The van der Waals surface area contributed by atoms with Gasteiger partial charge in [-0.05, 0) is 30.3 Å². The molecule has 0 unspecified atom stereocenters. The van der Waals surface area contributed by atoms with E-state index < -0.39 is 21.8 Å². The number of para-hydroxylation sites is 1. The van der Waals surface area contributed by atoms with Crippen LogP contribution in [0.5, 0.6) is 0 Å². The van der Waals surface area contributed by atoms with E-state index in [1.807, 2.05) is 0 Å². The van der Waals surface area contributed by atoms with Gasteiger partial charge in [0.2, 0.25) is 0 Å². The summed E-state index contributed by atoms with van der Waals surface area (Å²) in [6.07, 6.45) is 1.05.